The summed E-state index contributed by atoms with van der Waals surface area (Å²) in [5.41, 5.74) is 0.911. The highest BCUT2D eigenvalue weighted by atomic mass is 32.2. The zero-order valence-corrected chi connectivity index (χ0v) is 12.3. The largest absolute Gasteiger partial charge is 0.481 e. The van der Waals surface area contributed by atoms with Crippen molar-refractivity contribution in [3.8, 4) is 21.3 Å². The van der Waals surface area contributed by atoms with Crippen molar-refractivity contribution in [2.75, 3.05) is 5.75 Å². The number of carbonyl (C=O) groups is 1. The van der Waals surface area contributed by atoms with Gasteiger partial charge in [-0.05, 0) is 24.3 Å². The van der Waals surface area contributed by atoms with Gasteiger partial charge < -0.3 is 5.11 Å². The minimum Gasteiger partial charge on any atom is -0.481 e. The summed E-state index contributed by atoms with van der Waals surface area (Å²) in [6, 6.07) is 9.69. The molecular weight excluding hydrogens is 308 g/mol. The standard InChI is InChI=1S/C13H10N4O2S2/c18-11(19)7-20-13-15-12(16-17-13)10-5-4-9(21-10)8-3-1-2-6-14-8/h1-6H,7H2,(H,18,19)(H,15,16,17). The first kappa shape index (κ1) is 13.8. The van der Waals surface area contributed by atoms with E-state index in [2.05, 4.69) is 20.2 Å². The number of carboxylic acid groups (broad SMARTS) is 1. The number of rotatable bonds is 5. The highest BCUT2D eigenvalue weighted by Crippen LogP contribution is 2.32. The molecule has 6 nitrogen and oxygen atoms in total. The minimum atomic E-state index is -0.889. The summed E-state index contributed by atoms with van der Waals surface area (Å²) in [4.78, 5) is 21.1. The van der Waals surface area contributed by atoms with E-state index in [0.717, 1.165) is 27.2 Å². The van der Waals surface area contributed by atoms with Gasteiger partial charge in [0.05, 0.1) is 21.2 Å². The molecule has 3 heterocycles. The van der Waals surface area contributed by atoms with Crippen LogP contribution < -0.4 is 0 Å². The Morgan fingerprint density at radius 1 is 1.29 bits per heavy atom. The Kier molecular flexibility index (Phi) is 3.98. The normalized spacial score (nSPS) is 10.7. The third-order valence-electron chi connectivity index (χ3n) is 2.55. The Labute approximate surface area is 128 Å². The monoisotopic (exact) mass is 318 g/mol. The van der Waals surface area contributed by atoms with Crippen LogP contribution in [-0.4, -0.2) is 37.0 Å². The van der Waals surface area contributed by atoms with Gasteiger partial charge in [0, 0.05) is 6.20 Å². The molecule has 0 saturated heterocycles. The molecule has 0 aliphatic rings. The number of aromatic nitrogens is 4. The molecule has 21 heavy (non-hydrogen) atoms. The van der Waals surface area contributed by atoms with Gasteiger partial charge in [-0.25, -0.2) is 4.98 Å². The number of aliphatic carboxylic acids is 1. The maximum absolute atomic E-state index is 10.5. The zero-order chi connectivity index (χ0) is 14.7. The maximum Gasteiger partial charge on any atom is 0.313 e. The average Bonchev–Trinajstić information content (AvgIpc) is 3.15. The Bertz CT molecular complexity index is 754. The van der Waals surface area contributed by atoms with E-state index in [0.29, 0.717) is 11.0 Å². The maximum atomic E-state index is 10.5. The second kappa shape index (κ2) is 6.06. The van der Waals surface area contributed by atoms with Crippen molar-refractivity contribution in [1.82, 2.24) is 20.2 Å². The molecule has 2 N–H and O–H groups in total. The quantitative estimate of drug-likeness (QED) is 0.703. The summed E-state index contributed by atoms with van der Waals surface area (Å²) in [7, 11) is 0. The molecule has 0 aliphatic heterocycles. The van der Waals surface area contributed by atoms with Gasteiger partial charge in [-0.2, -0.15) is 0 Å². The molecule has 0 spiro atoms. The van der Waals surface area contributed by atoms with E-state index in [1.807, 2.05) is 30.3 Å². The lowest BCUT2D eigenvalue weighted by Gasteiger charge is -1.93. The van der Waals surface area contributed by atoms with Crippen molar-refractivity contribution in [1.29, 1.82) is 0 Å². The van der Waals surface area contributed by atoms with Crippen LogP contribution in [0.4, 0.5) is 0 Å². The number of pyridine rings is 1. The van der Waals surface area contributed by atoms with Crippen LogP contribution >= 0.6 is 23.1 Å². The number of carboxylic acids is 1. The van der Waals surface area contributed by atoms with Gasteiger partial charge in [0.15, 0.2) is 5.82 Å². The van der Waals surface area contributed by atoms with E-state index in [-0.39, 0.29) is 5.75 Å². The second-order valence-corrected chi connectivity index (χ2v) is 6.05. The molecule has 0 unspecified atom stereocenters. The first-order valence-electron chi connectivity index (χ1n) is 6.01. The lowest BCUT2D eigenvalue weighted by atomic mass is 10.3. The predicted octanol–water partition coefficient (Wildman–Crippen LogP) is 2.77. The summed E-state index contributed by atoms with van der Waals surface area (Å²) in [6.07, 6.45) is 1.75. The van der Waals surface area contributed by atoms with E-state index in [9.17, 15) is 4.79 Å². The fourth-order valence-electron chi connectivity index (χ4n) is 1.66. The van der Waals surface area contributed by atoms with Crippen molar-refractivity contribution in [3.05, 3.63) is 36.5 Å². The molecule has 0 bridgehead atoms. The van der Waals surface area contributed by atoms with E-state index < -0.39 is 5.97 Å². The van der Waals surface area contributed by atoms with Crippen LogP contribution in [0.2, 0.25) is 0 Å². The molecule has 0 atom stereocenters. The van der Waals surface area contributed by atoms with Crippen LogP contribution in [0, 0.1) is 0 Å². The van der Waals surface area contributed by atoms with E-state index >= 15 is 0 Å². The average molecular weight is 318 g/mol. The summed E-state index contributed by atoms with van der Waals surface area (Å²) in [6.45, 7) is 0. The molecule has 0 amide bonds. The van der Waals surface area contributed by atoms with Crippen molar-refractivity contribution in [2.24, 2.45) is 0 Å². The number of nitrogens with one attached hydrogen (secondary N) is 1. The summed E-state index contributed by atoms with van der Waals surface area (Å²) >= 11 is 2.64. The smallest absolute Gasteiger partial charge is 0.313 e. The van der Waals surface area contributed by atoms with Gasteiger partial charge in [0.25, 0.3) is 0 Å². The van der Waals surface area contributed by atoms with Gasteiger partial charge >= 0.3 is 5.97 Å². The summed E-state index contributed by atoms with van der Waals surface area (Å²) in [5.74, 6) is -0.309. The SMILES string of the molecule is O=C(O)CSc1n[nH]c(-c2ccc(-c3ccccn3)s2)n1. The van der Waals surface area contributed by atoms with Gasteiger partial charge in [-0.1, -0.05) is 17.8 Å². The van der Waals surface area contributed by atoms with Crippen molar-refractivity contribution < 1.29 is 9.90 Å². The highest BCUT2D eigenvalue weighted by molar-refractivity contribution is 7.99. The number of hydrogen-bond donors (Lipinski definition) is 2. The van der Waals surface area contributed by atoms with Crippen LogP contribution in [-0.2, 0) is 4.79 Å². The zero-order valence-electron chi connectivity index (χ0n) is 10.7. The number of H-pyrrole nitrogens is 1. The molecule has 3 aromatic heterocycles. The lowest BCUT2D eigenvalue weighted by Crippen LogP contribution is -1.97. The number of thiophene rings is 1. The molecule has 0 aliphatic carbocycles. The van der Waals surface area contributed by atoms with Gasteiger partial charge in [-0.3, -0.25) is 14.9 Å². The third kappa shape index (κ3) is 3.29. The van der Waals surface area contributed by atoms with E-state index in [1.165, 1.54) is 0 Å². The molecule has 3 aromatic rings. The number of nitrogens with zero attached hydrogens (tertiary/aromatic N) is 3. The lowest BCUT2D eigenvalue weighted by molar-refractivity contribution is -0.133. The molecule has 0 radical (unpaired) electrons. The molecule has 3 rings (SSSR count). The van der Waals surface area contributed by atoms with Crippen molar-refractivity contribution in [2.45, 2.75) is 5.16 Å². The van der Waals surface area contributed by atoms with E-state index in [4.69, 9.17) is 5.11 Å². The fraction of sp³-hybridized carbons (Fsp3) is 0.0769. The summed E-state index contributed by atoms with van der Waals surface area (Å²) < 4.78 is 0. The molecule has 106 valence electrons. The highest BCUT2D eigenvalue weighted by Gasteiger charge is 2.11. The first-order valence-corrected chi connectivity index (χ1v) is 7.81. The Hall–Kier alpha value is -2.19. The number of aromatic amines is 1. The van der Waals surface area contributed by atoms with Crippen molar-refractivity contribution >= 4 is 29.1 Å². The fourth-order valence-corrected chi connectivity index (χ4v) is 3.10. The van der Waals surface area contributed by atoms with Gasteiger partial charge in [0.1, 0.15) is 0 Å². The molecule has 8 heteroatoms. The molecule has 0 fully saturated rings. The second-order valence-electron chi connectivity index (χ2n) is 4.03. The molecule has 0 saturated carbocycles. The van der Waals surface area contributed by atoms with Crippen LogP contribution in [0.1, 0.15) is 0 Å². The molecule has 0 aromatic carbocycles. The van der Waals surface area contributed by atoms with E-state index in [1.54, 1.807) is 17.5 Å². The van der Waals surface area contributed by atoms with Crippen LogP contribution in [0.25, 0.3) is 21.3 Å². The van der Waals surface area contributed by atoms with Crippen molar-refractivity contribution in [3.63, 3.8) is 0 Å². The first-order chi connectivity index (χ1) is 10.2. The number of thioether (sulfide) groups is 1. The van der Waals surface area contributed by atoms with Gasteiger partial charge in [-0.15, -0.1) is 16.4 Å². The van der Waals surface area contributed by atoms with Crippen LogP contribution in [0.5, 0.6) is 0 Å². The predicted molar refractivity (Wildman–Crippen MR) is 81.3 cm³/mol. The third-order valence-corrected chi connectivity index (χ3v) is 4.49. The summed E-state index contributed by atoms with van der Waals surface area (Å²) in [5, 5.41) is 15.9. The number of hydrogen-bond acceptors (Lipinski definition) is 6. The Morgan fingerprint density at radius 2 is 2.14 bits per heavy atom. The minimum absolute atomic E-state index is 0.0546. The Balaban J connectivity index is 1.79. The Morgan fingerprint density at radius 3 is 2.90 bits per heavy atom. The van der Waals surface area contributed by atoms with Gasteiger partial charge in [0.2, 0.25) is 5.16 Å². The molecular formula is C13H10N4O2S2. The topological polar surface area (TPSA) is 91.8 Å². The van der Waals surface area contributed by atoms with Crippen LogP contribution in [0.3, 0.4) is 0 Å². The van der Waals surface area contributed by atoms with Crippen LogP contribution in [0.15, 0.2) is 41.7 Å².